The highest BCUT2D eigenvalue weighted by atomic mass is 16.5. The minimum absolute atomic E-state index is 0.0833. The Hall–Kier alpha value is -1.84. The molecule has 3 heteroatoms. The van der Waals surface area contributed by atoms with E-state index in [2.05, 4.69) is 43.4 Å². The molecule has 0 radical (unpaired) electrons. The van der Waals surface area contributed by atoms with Crippen molar-refractivity contribution < 1.29 is 9.84 Å². The van der Waals surface area contributed by atoms with Crippen LogP contribution in [0.2, 0.25) is 0 Å². The molecule has 2 aromatic rings. The quantitative estimate of drug-likeness (QED) is 0.889. The number of nitrogens with one attached hydrogen (secondary N) is 1. The van der Waals surface area contributed by atoms with E-state index in [9.17, 15) is 5.11 Å². The Balaban J connectivity index is 1.70. The molecule has 0 saturated carbocycles. The van der Waals surface area contributed by atoms with Crippen LogP contribution in [0.1, 0.15) is 42.5 Å². The first-order valence-corrected chi connectivity index (χ1v) is 7.86. The van der Waals surface area contributed by atoms with Crippen LogP contribution >= 0.6 is 0 Å². The van der Waals surface area contributed by atoms with Gasteiger partial charge in [-0.15, -0.1) is 0 Å². The maximum atomic E-state index is 9.27. The molecule has 3 unspecified atom stereocenters. The van der Waals surface area contributed by atoms with E-state index in [-0.39, 0.29) is 12.6 Å². The predicted octanol–water partition coefficient (Wildman–Crippen LogP) is 3.39. The van der Waals surface area contributed by atoms with Gasteiger partial charge in [-0.25, -0.2) is 0 Å². The molecule has 1 aliphatic rings. The number of rotatable bonds is 5. The van der Waals surface area contributed by atoms with Crippen molar-refractivity contribution >= 4 is 0 Å². The van der Waals surface area contributed by atoms with Gasteiger partial charge < -0.3 is 15.2 Å². The zero-order valence-electron chi connectivity index (χ0n) is 13.1. The van der Waals surface area contributed by atoms with E-state index in [0.717, 1.165) is 17.9 Å². The van der Waals surface area contributed by atoms with Crippen molar-refractivity contribution in [1.29, 1.82) is 0 Å². The third-order valence-corrected chi connectivity index (χ3v) is 4.49. The Morgan fingerprint density at radius 2 is 2.00 bits per heavy atom. The van der Waals surface area contributed by atoms with Crippen molar-refractivity contribution in [3.05, 3.63) is 65.2 Å². The van der Waals surface area contributed by atoms with Crippen LogP contribution in [-0.4, -0.2) is 17.8 Å². The predicted molar refractivity (Wildman–Crippen MR) is 88.1 cm³/mol. The second-order valence-corrected chi connectivity index (χ2v) is 6.04. The van der Waals surface area contributed by atoms with Gasteiger partial charge in [0.25, 0.3) is 0 Å². The molecule has 2 N–H and O–H groups in total. The Morgan fingerprint density at radius 1 is 1.18 bits per heavy atom. The number of ether oxygens (including phenoxy) is 1. The van der Waals surface area contributed by atoms with E-state index < -0.39 is 0 Å². The molecule has 1 aliphatic heterocycles. The van der Waals surface area contributed by atoms with Crippen molar-refractivity contribution in [3.63, 3.8) is 0 Å². The molecule has 3 rings (SSSR count). The summed E-state index contributed by atoms with van der Waals surface area (Å²) >= 11 is 0. The number of aliphatic hydroxyl groups is 1. The van der Waals surface area contributed by atoms with Gasteiger partial charge in [-0.3, -0.25) is 0 Å². The molecule has 3 atom stereocenters. The van der Waals surface area contributed by atoms with Crippen LogP contribution in [0.3, 0.4) is 0 Å². The minimum Gasteiger partial charge on any atom is -0.493 e. The van der Waals surface area contributed by atoms with Gasteiger partial charge in [0, 0.05) is 23.6 Å². The van der Waals surface area contributed by atoms with E-state index in [0.29, 0.717) is 12.0 Å². The van der Waals surface area contributed by atoms with Crippen LogP contribution in [0.4, 0.5) is 0 Å². The average molecular weight is 297 g/mol. The molecule has 116 valence electrons. The zero-order chi connectivity index (χ0) is 15.5. The van der Waals surface area contributed by atoms with Gasteiger partial charge in [-0.2, -0.15) is 0 Å². The Kier molecular flexibility index (Phi) is 4.46. The second kappa shape index (κ2) is 6.51. The van der Waals surface area contributed by atoms with Crippen LogP contribution in [0.15, 0.2) is 48.5 Å². The number of fused-ring (bicyclic) bond motifs is 1. The molecule has 1 heterocycles. The summed E-state index contributed by atoms with van der Waals surface area (Å²) in [6.45, 7) is 5.19. The summed E-state index contributed by atoms with van der Waals surface area (Å²) < 4.78 is 5.78. The lowest BCUT2D eigenvalue weighted by atomic mass is 9.93. The molecule has 22 heavy (non-hydrogen) atoms. The topological polar surface area (TPSA) is 41.5 Å². The Labute approximate surface area is 131 Å². The average Bonchev–Trinajstić information content (AvgIpc) is 2.99. The minimum atomic E-state index is 0.0833. The van der Waals surface area contributed by atoms with Gasteiger partial charge >= 0.3 is 0 Å². The van der Waals surface area contributed by atoms with E-state index in [1.54, 1.807) is 0 Å². The highest BCUT2D eigenvalue weighted by molar-refractivity contribution is 5.40. The SMILES string of the molecule is CC(NC(C)C1COc2ccccc21)c1cccc(CO)c1. The third-order valence-electron chi connectivity index (χ3n) is 4.49. The first-order chi connectivity index (χ1) is 10.7. The molecule has 0 bridgehead atoms. The summed E-state index contributed by atoms with van der Waals surface area (Å²) in [4.78, 5) is 0. The van der Waals surface area contributed by atoms with Gasteiger partial charge in [0.05, 0.1) is 13.2 Å². The summed E-state index contributed by atoms with van der Waals surface area (Å²) in [7, 11) is 0. The largest absolute Gasteiger partial charge is 0.493 e. The summed E-state index contributed by atoms with van der Waals surface area (Å²) in [6, 6.07) is 16.9. The number of para-hydroxylation sites is 1. The van der Waals surface area contributed by atoms with Gasteiger partial charge in [0.1, 0.15) is 5.75 Å². The van der Waals surface area contributed by atoms with E-state index in [4.69, 9.17) is 4.74 Å². The molecule has 0 saturated heterocycles. The van der Waals surface area contributed by atoms with Crippen molar-refractivity contribution in [2.24, 2.45) is 0 Å². The molecule has 0 amide bonds. The number of aliphatic hydroxyl groups excluding tert-OH is 1. The van der Waals surface area contributed by atoms with Crippen molar-refractivity contribution in [1.82, 2.24) is 5.32 Å². The van der Waals surface area contributed by atoms with Crippen molar-refractivity contribution in [2.75, 3.05) is 6.61 Å². The fourth-order valence-electron chi connectivity index (χ4n) is 3.17. The summed E-state index contributed by atoms with van der Waals surface area (Å²) in [5.41, 5.74) is 3.44. The molecular weight excluding hydrogens is 274 g/mol. The maximum absolute atomic E-state index is 9.27. The van der Waals surface area contributed by atoms with Crippen molar-refractivity contribution in [3.8, 4) is 5.75 Å². The Morgan fingerprint density at radius 3 is 2.82 bits per heavy atom. The lowest BCUT2D eigenvalue weighted by Crippen LogP contribution is -2.35. The first-order valence-electron chi connectivity index (χ1n) is 7.86. The lowest BCUT2D eigenvalue weighted by Gasteiger charge is -2.25. The summed E-state index contributed by atoms with van der Waals surface area (Å²) in [5, 5.41) is 12.9. The van der Waals surface area contributed by atoms with Crippen LogP contribution in [0, 0.1) is 0 Å². The molecule has 0 aromatic heterocycles. The third kappa shape index (κ3) is 3.01. The first kappa shape index (κ1) is 15.1. The molecular formula is C19H23NO2. The summed E-state index contributed by atoms with van der Waals surface area (Å²) in [5.74, 6) is 1.38. The summed E-state index contributed by atoms with van der Waals surface area (Å²) in [6.07, 6.45) is 0. The zero-order valence-corrected chi connectivity index (χ0v) is 13.1. The van der Waals surface area contributed by atoms with Crippen LogP contribution in [-0.2, 0) is 6.61 Å². The number of hydrogen-bond donors (Lipinski definition) is 2. The smallest absolute Gasteiger partial charge is 0.122 e. The molecule has 3 nitrogen and oxygen atoms in total. The van der Waals surface area contributed by atoms with Crippen LogP contribution < -0.4 is 10.1 Å². The molecule has 2 aromatic carbocycles. The number of hydrogen-bond acceptors (Lipinski definition) is 3. The van der Waals surface area contributed by atoms with E-state index in [1.807, 2.05) is 24.3 Å². The fraction of sp³-hybridized carbons (Fsp3) is 0.368. The van der Waals surface area contributed by atoms with Crippen molar-refractivity contribution in [2.45, 2.75) is 38.5 Å². The van der Waals surface area contributed by atoms with E-state index >= 15 is 0 Å². The van der Waals surface area contributed by atoms with E-state index in [1.165, 1.54) is 11.1 Å². The number of benzene rings is 2. The van der Waals surface area contributed by atoms with Gasteiger partial charge in [0.15, 0.2) is 0 Å². The van der Waals surface area contributed by atoms with Crippen LogP contribution in [0.25, 0.3) is 0 Å². The maximum Gasteiger partial charge on any atom is 0.122 e. The highest BCUT2D eigenvalue weighted by Gasteiger charge is 2.29. The van der Waals surface area contributed by atoms with Gasteiger partial charge in [0.2, 0.25) is 0 Å². The molecule has 0 spiro atoms. The van der Waals surface area contributed by atoms with Gasteiger partial charge in [-0.05, 0) is 31.0 Å². The van der Waals surface area contributed by atoms with Crippen LogP contribution in [0.5, 0.6) is 5.75 Å². The molecule has 0 fully saturated rings. The van der Waals surface area contributed by atoms with Gasteiger partial charge in [-0.1, -0.05) is 42.5 Å². The lowest BCUT2D eigenvalue weighted by molar-refractivity contribution is 0.281. The standard InChI is InChI=1S/C19H23NO2/c1-13(16-7-5-6-15(10-16)11-21)20-14(2)18-12-22-19-9-4-3-8-17(18)19/h3-10,13-14,18,20-21H,11-12H2,1-2H3. The monoisotopic (exact) mass is 297 g/mol. The fourth-order valence-corrected chi connectivity index (χ4v) is 3.17. The normalized spacial score (nSPS) is 19.3. The molecule has 0 aliphatic carbocycles. The highest BCUT2D eigenvalue weighted by Crippen LogP contribution is 2.36. The second-order valence-electron chi connectivity index (χ2n) is 6.04. The Bertz CT molecular complexity index is 641.